The Balaban J connectivity index is 0.00000180. The van der Waals surface area contributed by atoms with Crippen LogP contribution in [-0.2, 0) is 0 Å². The maximum Gasteiger partial charge on any atom is 1.00 e. The van der Waals surface area contributed by atoms with Crippen molar-refractivity contribution in [3.05, 3.63) is 57.0 Å². The molecule has 0 radical (unpaired) electrons. The number of rotatable bonds is 2. The van der Waals surface area contributed by atoms with Crippen molar-refractivity contribution in [2.75, 3.05) is 0 Å². The molecule has 1 aromatic heterocycles. The van der Waals surface area contributed by atoms with Gasteiger partial charge in [-0.15, -0.1) is 0 Å². The van der Waals surface area contributed by atoms with Gasteiger partial charge < -0.3 is 9.90 Å². The first-order valence-corrected chi connectivity index (χ1v) is 5.45. The molecule has 1 aromatic carbocycles. The van der Waals surface area contributed by atoms with Crippen molar-refractivity contribution >= 4 is 17.6 Å². The quantitative estimate of drug-likeness (QED) is 0.578. The normalized spacial score (nSPS) is 9.79. The van der Waals surface area contributed by atoms with Gasteiger partial charge in [0.2, 0.25) is 5.43 Å². The molecule has 0 amide bonds. The fourth-order valence-electron chi connectivity index (χ4n) is 1.53. The van der Waals surface area contributed by atoms with Crippen molar-refractivity contribution in [2.45, 2.75) is 6.92 Å². The van der Waals surface area contributed by atoms with Crippen LogP contribution in [0.5, 0.6) is 0 Å². The second kappa shape index (κ2) is 6.78. The molecule has 2 rings (SSSR count). The monoisotopic (exact) mass is 302 g/mol. The van der Waals surface area contributed by atoms with Crippen LogP contribution in [0.3, 0.4) is 0 Å². The average molecular weight is 303 g/mol. The largest absolute Gasteiger partial charge is 1.00 e. The van der Waals surface area contributed by atoms with Crippen molar-refractivity contribution in [1.29, 1.82) is 0 Å². The molecule has 0 spiro atoms. The van der Waals surface area contributed by atoms with Gasteiger partial charge in [-0.2, -0.15) is 5.10 Å². The molecule has 0 atom stereocenters. The summed E-state index contributed by atoms with van der Waals surface area (Å²) in [6.07, 6.45) is 0. The van der Waals surface area contributed by atoms with E-state index in [4.69, 9.17) is 11.6 Å². The molecule has 19 heavy (non-hydrogen) atoms. The van der Waals surface area contributed by atoms with E-state index in [9.17, 15) is 14.7 Å². The van der Waals surface area contributed by atoms with Crippen LogP contribution in [0.2, 0.25) is 5.02 Å². The molecule has 92 valence electrons. The summed E-state index contributed by atoms with van der Waals surface area (Å²) in [5, 5.41) is 15.1. The van der Waals surface area contributed by atoms with Crippen LogP contribution in [0, 0.1) is 6.92 Å². The molecule has 5 nitrogen and oxygen atoms in total. The molecule has 0 aliphatic heterocycles. The van der Waals surface area contributed by atoms with Crippen molar-refractivity contribution < 1.29 is 61.3 Å². The van der Waals surface area contributed by atoms with Crippen LogP contribution >= 0.6 is 11.6 Å². The molecule has 0 fully saturated rings. The van der Waals surface area contributed by atoms with E-state index in [2.05, 4.69) is 5.10 Å². The molecule has 1 heterocycles. The van der Waals surface area contributed by atoms with Crippen LogP contribution in [0.25, 0.3) is 5.69 Å². The average Bonchev–Trinajstić information content (AvgIpc) is 2.30. The zero-order valence-corrected chi connectivity index (χ0v) is 14.3. The first kappa shape index (κ1) is 16.6. The van der Waals surface area contributed by atoms with Crippen LogP contribution in [-0.4, -0.2) is 15.7 Å². The summed E-state index contributed by atoms with van der Waals surface area (Å²) < 4.78 is 1.35. The Morgan fingerprint density at radius 1 is 1.32 bits per heavy atom. The van der Waals surface area contributed by atoms with E-state index in [1.807, 2.05) is 0 Å². The third kappa shape index (κ3) is 3.74. The summed E-state index contributed by atoms with van der Waals surface area (Å²) in [7, 11) is 0. The van der Waals surface area contributed by atoms with Gasteiger partial charge in [-0.1, -0.05) is 11.6 Å². The van der Waals surface area contributed by atoms with E-state index in [0.717, 1.165) is 0 Å². The van der Waals surface area contributed by atoms with Gasteiger partial charge in [0.1, 0.15) is 0 Å². The molecule has 0 aliphatic rings. The molecule has 0 unspecified atom stereocenters. The Hall–Kier alpha value is -0.504. The van der Waals surface area contributed by atoms with E-state index in [1.54, 1.807) is 31.2 Å². The first-order chi connectivity index (χ1) is 8.49. The number of carbonyl (C=O) groups excluding carboxylic acids is 1. The van der Waals surface area contributed by atoms with E-state index in [-0.39, 0.29) is 51.4 Å². The van der Waals surface area contributed by atoms with Gasteiger partial charge in [-0.25, -0.2) is 4.68 Å². The Bertz CT molecular complexity index is 668. The van der Waals surface area contributed by atoms with Gasteiger partial charge >= 0.3 is 51.4 Å². The van der Waals surface area contributed by atoms with Gasteiger partial charge in [0.15, 0.2) is 5.69 Å². The third-order valence-corrected chi connectivity index (χ3v) is 2.62. The molecule has 0 saturated heterocycles. The third-order valence-electron chi connectivity index (χ3n) is 2.37. The van der Waals surface area contributed by atoms with E-state index < -0.39 is 17.1 Å². The molecule has 0 aliphatic carbocycles. The summed E-state index contributed by atoms with van der Waals surface area (Å²) in [4.78, 5) is 22.2. The number of nitrogens with zero attached hydrogens (tertiary/aromatic N) is 2. The van der Waals surface area contributed by atoms with Gasteiger partial charge in [0.05, 0.1) is 11.7 Å². The second-order valence-corrected chi connectivity index (χ2v) is 4.11. The van der Waals surface area contributed by atoms with Crippen LogP contribution in [0.4, 0.5) is 0 Å². The molecule has 7 heteroatoms. The topological polar surface area (TPSA) is 75.0 Å². The molecule has 0 saturated carbocycles. The van der Waals surface area contributed by atoms with Crippen LogP contribution < -0.4 is 61.9 Å². The Morgan fingerprint density at radius 3 is 2.42 bits per heavy atom. The number of carboxylic acids is 1. The van der Waals surface area contributed by atoms with E-state index >= 15 is 0 Å². The summed E-state index contributed by atoms with van der Waals surface area (Å²) in [5.74, 6) is -1.59. The van der Waals surface area contributed by atoms with Crippen molar-refractivity contribution in [2.24, 2.45) is 0 Å². The second-order valence-electron chi connectivity index (χ2n) is 3.67. The van der Waals surface area contributed by atoms with Crippen LogP contribution in [0.1, 0.15) is 16.2 Å². The minimum absolute atomic E-state index is 0. The Labute approximate surface area is 156 Å². The smallest absolute Gasteiger partial charge is 0.543 e. The first-order valence-electron chi connectivity index (χ1n) is 5.07. The zero-order valence-electron chi connectivity index (χ0n) is 10.4. The van der Waals surface area contributed by atoms with E-state index in [1.165, 1.54) is 10.7 Å². The fourth-order valence-corrected chi connectivity index (χ4v) is 1.66. The van der Waals surface area contributed by atoms with Crippen molar-refractivity contribution in [3.63, 3.8) is 0 Å². The van der Waals surface area contributed by atoms with Gasteiger partial charge in [0.25, 0.3) is 0 Å². The SMILES string of the molecule is Cc1cc(=O)c(C(=O)[O-])nn1-c1ccc(Cl)cc1.[K+]. The Kier molecular flexibility index (Phi) is 5.91. The number of carbonyl (C=O) groups is 1. The zero-order chi connectivity index (χ0) is 13.3. The summed E-state index contributed by atoms with van der Waals surface area (Å²) in [6.45, 7) is 1.65. The summed E-state index contributed by atoms with van der Waals surface area (Å²) in [5.41, 5.74) is -0.153. The number of carboxylic acid groups (broad SMARTS) is 1. The van der Waals surface area contributed by atoms with Crippen molar-refractivity contribution in [1.82, 2.24) is 9.78 Å². The molecular weight excluding hydrogens is 295 g/mol. The predicted molar refractivity (Wildman–Crippen MR) is 63.9 cm³/mol. The number of aromatic carboxylic acids is 1. The predicted octanol–water partition coefficient (Wildman–Crippen LogP) is -2.44. The fraction of sp³-hybridized carbons (Fsp3) is 0.0833. The summed E-state index contributed by atoms with van der Waals surface area (Å²) in [6, 6.07) is 7.84. The minimum Gasteiger partial charge on any atom is -0.543 e. The molecule has 0 bridgehead atoms. The standard InChI is InChI=1S/C12H9ClN2O3.K/c1-7-6-10(16)11(12(17)18)14-15(7)9-4-2-8(13)3-5-9;/h2-6H,1H3,(H,17,18);/q;+1/p-1. The molecule has 2 aromatic rings. The maximum absolute atomic E-state index is 11.4. The minimum atomic E-state index is -1.59. The number of aromatic nitrogens is 2. The van der Waals surface area contributed by atoms with Gasteiger partial charge in [0, 0.05) is 16.8 Å². The number of benzene rings is 1. The molecular formula is C12H8ClKN2O3. The number of halogens is 1. The summed E-state index contributed by atoms with van der Waals surface area (Å²) >= 11 is 5.76. The molecule has 0 N–H and O–H groups in total. The number of hydrogen-bond acceptors (Lipinski definition) is 4. The van der Waals surface area contributed by atoms with Crippen molar-refractivity contribution in [3.8, 4) is 5.69 Å². The Morgan fingerprint density at radius 2 is 1.89 bits per heavy atom. The number of hydrogen-bond donors (Lipinski definition) is 0. The van der Waals surface area contributed by atoms with Gasteiger partial charge in [-0.05, 0) is 31.2 Å². The number of aryl methyl sites for hydroxylation is 1. The van der Waals surface area contributed by atoms with Crippen LogP contribution in [0.15, 0.2) is 35.1 Å². The van der Waals surface area contributed by atoms with E-state index in [0.29, 0.717) is 16.4 Å². The maximum atomic E-state index is 11.4. The van der Waals surface area contributed by atoms with Gasteiger partial charge in [-0.3, -0.25) is 4.79 Å².